The van der Waals surface area contributed by atoms with Gasteiger partial charge in [-0.3, -0.25) is 9.59 Å². The highest BCUT2D eigenvalue weighted by atomic mass is 35.5. The largest absolute Gasteiger partial charge is 0.394 e. The van der Waals surface area contributed by atoms with Gasteiger partial charge in [0, 0.05) is 10.7 Å². The molecule has 0 aliphatic carbocycles. The van der Waals surface area contributed by atoms with Gasteiger partial charge in [-0.1, -0.05) is 17.7 Å². The van der Waals surface area contributed by atoms with Crippen LogP contribution in [0.3, 0.4) is 0 Å². The summed E-state index contributed by atoms with van der Waals surface area (Å²) in [6, 6.07) is 5.03. The third-order valence-electron chi connectivity index (χ3n) is 2.57. The Bertz CT molecular complexity index is 501. The molecule has 5 nitrogen and oxygen atoms in total. The van der Waals surface area contributed by atoms with Crippen LogP contribution in [0.2, 0.25) is 5.02 Å². The number of hydrogen-bond acceptors (Lipinski definition) is 3. The smallest absolute Gasteiger partial charge is 0.313 e. The molecule has 1 aromatic carbocycles. The molecule has 0 unspecified atom stereocenters. The summed E-state index contributed by atoms with van der Waals surface area (Å²) >= 11 is 5.92. The van der Waals surface area contributed by atoms with E-state index in [2.05, 4.69) is 10.6 Å². The van der Waals surface area contributed by atoms with Crippen LogP contribution in [0.4, 0.5) is 5.69 Å². The van der Waals surface area contributed by atoms with E-state index in [4.69, 9.17) is 16.7 Å². The number of carbonyl (C=O) groups excluding carboxylic acids is 2. The molecule has 104 valence electrons. The maximum atomic E-state index is 11.7. The molecule has 1 rings (SSSR count). The van der Waals surface area contributed by atoms with Gasteiger partial charge in [-0.25, -0.2) is 0 Å². The topological polar surface area (TPSA) is 78.4 Å². The maximum absolute atomic E-state index is 11.7. The molecule has 0 spiro atoms. The zero-order chi connectivity index (χ0) is 14.6. The lowest BCUT2D eigenvalue weighted by molar-refractivity contribution is -0.137. The fourth-order valence-electron chi connectivity index (χ4n) is 1.33. The molecular formula is C13H17ClN2O3. The van der Waals surface area contributed by atoms with Crippen molar-refractivity contribution in [2.45, 2.75) is 26.3 Å². The lowest BCUT2D eigenvalue weighted by Gasteiger charge is -2.23. The second kappa shape index (κ2) is 6.04. The molecule has 19 heavy (non-hydrogen) atoms. The van der Waals surface area contributed by atoms with Gasteiger partial charge in [0.05, 0.1) is 12.1 Å². The second-order valence-corrected chi connectivity index (χ2v) is 5.27. The fraction of sp³-hybridized carbons (Fsp3) is 0.385. The number of aliphatic hydroxyl groups excluding tert-OH is 1. The molecule has 0 radical (unpaired) electrons. The van der Waals surface area contributed by atoms with Gasteiger partial charge in [0.1, 0.15) is 0 Å². The first kappa shape index (κ1) is 15.5. The Kier molecular flexibility index (Phi) is 4.91. The number of benzene rings is 1. The summed E-state index contributed by atoms with van der Waals surface area (Å²) < 4.78 is 0. The zero-order valence-electron chi connectivity index (χ0n) is 11.1. The molecule has 0 bridgehead atoms. The molecule has 6 heteroatoms. The maximum Gasteiger partial charge on any atom is 0.313 e. The van der Waals surface area contributed by atoms with E-state index in [9.17, 15) is 9.59 Å². The number of aliphatic hydroxyl groups is 1. The van der Waals surface area contributed by atoms with Gasteiger partial charge in [0.2, 0.25) is 0 Å². The molecular weight excluding hydrogens is 268 g/mol. The normalized spacial score (nSPS) is 11.0. The van der Waals surface area contributed by atoms with E-state index in [0.717, 1.165) is 0 Å². The van der Waals surface area contributed by atoms with Crippen molar-refractivity contribution in [2.75, 3.05) is 11.9 Å². The van der Waals surface area contributed by atoms with Crippen LogP contribution in [0.25, 0.3) is 0 Å². The Morgan fingerprint density at radius 2 is 1.95 bits per heavy atom. The molecule has 0 heterocycles. The average Bonchev–Trinajstić information content (AvgIpc) is 2.34. The Morgan fingerprint density at radius 1 is 1.32 bits per heavy atom. The van der Waals surface area contributed by atoms with E-state index in [-0.39, 0.29) is 6.61 Å². The standard InChI is InChI=1S/C13H17ClN2O3/c1-8-9(14)5-4-6-10(8)15-11(18)12(19)16-13(2,3)7-17/h4-6,17H,7H2,1-3H3,(H,15,18)(H,16,19). The van der Waals surface area contributed by atoms with E-state index in [1.807, 2.05) is 0 Å². The number of carbonyl (C=O) groups is 2. The fourth-order valence-corrected chi connectivity index (χ4v) is 1.50. The van der Waals surface area contributed by atoms with E-state index < -0.39 is 17.4 Å². The zero-order valence-corrected chi connectivity index (χ0v) is 11.8. The van der Waals surface area contributed by atoms with Crippen LogP contribution >= 0.6 is 11.6 Å². The van der Waals surface area contributed by atoms with Crippen LogP contribution in [0.5, 0.6) is 0 Å². The number of rotatable bonds is 3. The Morgan fingerprint density at radius 3 is 2.53 bits per heavy atom. The molecule has 3 N–H and O–H groups in total. The summed E-state index contributed by atoms with van der Waals surface area (Å²) in [5, 5.41) is 14.4. The Hall–Kier alpha value is -1.59. The molecule has 2 amide bonds. The predicted octanol–water partition coefficient (Wildman–Crippen LogP) is 1.47. The highest BCUT2D eigenvalue weighted by Crippen LogP contribution is 2.22. The van der Waals surface area contributed by atoms with Gasteiger partial charge < -0.3 is 15.7 Å². The SMILES string of the molecule is Cc1c(Cl)cccc1NC(=O)C(=O)NC(C)(C)CO. The van der Waals surface area contributed by atoms with E-state index >= 15 is 0 Å². The van der Waals surface area contributed by atoms with Crippen molar-refractivity contribution in [3.8, 4) is 0 Å². The Balaban J connectivity index is 2.75. The first-order valence-corrected chi connectivity index (χ1v) is 6.14. The molecule has 0 aliphatic heterocycles. The third-order valence-corrected chi connectivity index (χ3v) is 2.98. The molecule has 1 aromatic rings. The number of halogens is 1. The van der Waals surface area contributed by atoms with Gasteiger partial charge in [-0.15, -0.1) is 0 Å². The van der Waals surface area contributed by atoms with Gasteiger partial charge in [0.25, 0.3) is 0 Å². The number of hydrogen-bond donors (Lipinski definition) is 3. The summed E-state index contributed by atoms with van der Waals surface area (Å²) in [6.07, 6.45) is 0. The highest BCUT2D eigenvalue weighted by Gasteiger charge is 2.24. The monoisotopic (exact) mass is 284 g/mol. The van der Waals surface area contributed by atoms with E-state index in [1.165, 1.54) is 0 Å². The number of anilines is 1. The van der Waals surface area contributed by atoms with Crippen molar-refractivity contribution >= 4 is 29.1 Å². The van der Waals surface area contributed by atoms with Crippen molar-refractivity contribution < 1.29 is 14.7 Å². The van der Waals surface area contributed by atoms with Crippen LogP contribution in [-0.2, 0) is 9.59 Å². The average molecular weight is 285 g/mol. The highest BCUT2D eigenvalue weighted by molar-refractivity contribution is 6.40. The quantitative estimate of drug-likeness (QED) is 0.736. The van der Waals surface area contributed by atoms with Crippen LogP contribution in [0.15, 0.2) is 18.2 Å². The minimum absolute atomic E-state index is 0.262. The first-order chi connectivity index (χ1) is 8.76. The molecule has 0 saturated carbocycles. The minimum atomic E-state index is -0.849. The molecule has 0 aromatic heterocycles. The summed E-state index contributed by atoms with van der Waals surface area (Å²) in [5.74, 6) is -1.61. The van der Waals surface area contributed by atoms with Crippen molar-refractivity contribution in [3.63, 3.8) is 0 Å². The molecule has 0 saturated heterocycles. The van der Waals surface area contributed by atoms with Crippen LogP contribution in [0.1, 0.15) is 19.4 Å². The van der Waals surface area contributed by atoms with Gasteiger partial charge in [-0.05, 0) is 38.5 Å². The van der Waals surface area contributed by atoms with Gasteiger partial charge in [-0.2, -0.15) is 0 Å². The second-order valence-electron chi connectivity index (χ2n) is 4.86. The first-order valence-electron chi connectivity index (χ1n) is 5.76. The summed E-state index contributed by atoms with van der Waals surface area (Å²) in [5.41, 5.74) is 0.318. The van der Waals surface area contributed by atoms with E-state index in [1.54, 1.807) is 39.0 Å². The Labute approximate surface area is 117 Å². The number of amides is 2. The lowest BCUT2D eigenvalue weighted by atomic mass is 10.1. The van der Waals surface area contributed by atoms with Crippen LogP contribution < -0.4 is 10.6 Å². The van der Waals surface area contributed by atoms with Crippen molar-refractivity contribution in [1.29, 1.82) is 0 Å². The van der Waals surface area contributed by atoms with Crippen molar-refractivity contribution in [3.05, 3.63) is 28.8 Å². The molecule has 0 aliphatic rings. The molecule has 0 fully saturated rings. The number of nitrogens with one attached hydrogen (secondary N) is 2. The minimum Gasteiger partial charge on any atom is -0.394 e. The lowest BCUT2D eigenvalue weighted by Crippen LogP contribution is -2.50. The van der Waals surface area contributed by atoms with Gasteiger partial charge >= 0.3 is 11.8 Å². The van der Waals surface area contributed by atoms with E-state index in [0.29, 0.717) is 16.3 Å². The summed E-state index contributed by atoms with van der Waals surface area (Å²) in [6.45, 7) is 4.71. The predicted molar refractivity (Wildman–Crippen MR) is 74.1 cm³/mol. The third kappa shape index (κ3) is 4.22. The summed E-state index contributed by atoms with van der Waals surface area (Å²) in [7, 11) is 0. The molecule has 0 atom stereocenters. The van der Waals surface area contributed by atoms with Crippen molar-refractivity contribution in [1.82, 2.24) is 5.32 Å². The summed E-state index contributed by atoms with van der Waals surface area (Å²) in [4.78, 5) is 23.4. The van der Waals surface area contributed by atoms with Gasteiger partial charge in [0.15, 0.2) is 0 Å². The van der Waals surface area contributed by atoms with Crippen LogP contribution in [-0.4, -0.2) is 29.1 Å². The van der Waals surface area contributed by atoms with Crippen molar-refractivity contribution in [2.24, 2.45) is 0 Å². The van der Waals surface area contributed by atoms with Crippen LogP contribution in [0, 0.1) is 6.92 Å².